The van der Waals surface area contributed by atoms with Gasteiger partial charge in [0, 0.05) is 79.3 Å². The van der Waals surface area contributed by atoms with Crippen molar-refractivity contribution in [1.29, 1.82) is 0 Å². The van der Waals surface area contributed by atoms with Crippen LogP contribution in [0.3, 0.4) is 0 Å². The zero-order valence-electron chi connectivity index (χ0n) is 38.6. The van der Waals surface area contributed by atoms with Crippen LogP contribution in [0.25, 0.3) is 144 Å². The van der Waals surface area contributed by atoms with E-state index in [0.717, 1.165) is 0 Å². The lowest BCUT2D eigenvalue weighted by atomic mass is 9.95. The topological polar surface area (TPSA) is 14.8 Å². The summed E-state index contributed by atoms with van der Waals surface area (Å²) in [5.41, 5.74) is 14.6. The largest absolute Gasteiger partial charge is 0.300 e. The van der Waals surface area contributed by atoms with Gasteiger partial charge < -0.3 is 13.7 Å². The monoisotopic (exact) mass is 969 g/mol. The molecule has 0 radical (unpaired) electrons. The zero-order chi connectivity index (χ0) is 47.0. The second-order valence-electron chi connectivity index (χ2n) is 18.7. The molecule has 3 nitrogen and oxygen atoms in total. The molecular weight excluding hydrogens is 931 g/mol. The van der Waals surface area contributed by atoms with Gasteiger partial charge >= 0.3 is 0 Å². The van der Waals surface area contributed by atoms with E-state index in [1.807, 2.05) is 34.0 Å². The Kier molecular flexibility index (Phi) is 8.66. The lowest BCUT2D eigenvalue weighted by Crippen LogP contribution is -1.93. The van der Waals surface area contributed by atoms with E-state index in [1.165, 1.54) is 144 Å². The van der Waals surface area contributed by atoms with Crippen molar-refractivity contribution >= 4 is 130 Å². The fraction of sp³-hybridized carbons (Fsp3) is 0. The number of rotatable bonds is 6. The quantitative estimate of drug-likeness (QED) is 0.158. The Morgan fingerprint density at radius 2 is 0.403 bits per heavy atom. The lowest BCUT2D eigenvalue weighted by Gasteiger charge is -2.11. The summed E-state index contributed by atoms with van der Waals surface area (Å²) < 4.78 is 11.6. The Bertz CT molecular complexity index is 4170. The van der Waals surface area contributed by atoms with E-state index >= 15 is 0 Å². The molecule has 336 valence electrons. The summed E-state index contributed by atoms with van der Waals surface area (Å²) in [5, 5.41) is 15.1. The minimum absolute atomic E-state index is 1.20. The molecular formula is C66H39N3S3. The molecule has 0 atom stereocenters. The van der Waals surface area contributed by atoms with Crippen LogP contribution < -0.4 is 0 Å². The fourth-order valence-corrected chi connectivity index (χ4v) is 16.4. The van der Waals surface area contributed by atoms with Crippen LogP contribution in [0.4, 0.5) is 0 Å². The summed E-state index contributed by atoms with van der Waals surface area (Å²) in [5.74, 6) is 0. The zero-order valence-corrected chi connectivity index (χ0v) is 41.0. The van der Waals surface area contributed by atoms with Crippen LogP contribution in [0.15, 0.2) is 237 Å². The third-order valence-corrected chi connectivity index (χ3v) is 18.5. The molecule has 6 aromatic heterocycles. The maximum atomic E-state index is 2.57. The number of para-hydroxylation sites is 6. The van der Waals surface area contributed by atoms with Crippen molar-refractivity contribution in [2.75, 3.05) is 0 Å². The van der Waals surface area contributed by atoms with Crippen molar-refractivity contribution in [1.82, 2.24) is 13.7 Å². The molecule has 0 aliphatic rings. The molecule has 6 heterocycles. The molecule has 0 saturated heterocycles. The van der Waals surface area contributed by atoms with Crippen LogP contribution in [0, 0.1) is 0 Å². The average molecular weight is 970 g/mol. The number of hydrogen-bond acceptors (Lipinski definition) is 3. The second-order valence-corrected chi connectivity index (χ2v) is 21.7. The fourth-order valence-electron chi connectivity index (χ4n) is 11.9. The molecule has 0 spiro atoms. The molecule has 0 saturated carbocycles. The molecule has 16 aromatic rings. The van der Waals surface area contributed by atoms with E-state index in [9.17, 15) is 0 Å². The number of hydrogen-bond donors (Lipinski definition) is 0. The van der Waals surface area contributed by atoms with Crippen molar-refractivity contribution in [3.63, 3.8) is 0 Å². The van der Waals surface area contributed by atoms with Gasteiger partial charge in [-0.25, -0.2) is 0 Å². The molecule has 0 fully saturated rings. The summed E-state index contributed by atoms with van der Waals surface area (Å²) in [6.07, 6.45) is 0. The molecule has 0 unspecified atom stereocenters. The summed E-state index contributed by atoms with van der Waals surface area (Å²) in [6.45, 7) is 0. The molecule has 16 rings (SSSR count). The number of aromatic nitrogens is 3. The molecule has 6 heteroatoms. The standard InChI is InChI=1S/C66H39N3S3/c1-4-22-40(23-5-1)55-58-61(70-64(55)67-49-34-16-10-28-43(49)44-29-11-17-35-50(44)67)59-56(41-24-6-2-7-25-41)66(69-53-38-20-14-32-47(53)48-33-15-21-39-54(48)69)72-63(59)60-57(42-26-8-3-9-27-42)65(71-62(58)60)68-51-36-18-12-30-45(51)46-31-13-19-37-52(46)68/h1-39H. The Morgan fingerprint density at radius 1 is 0.208 bits per heavy atom. The molecule has 0 aliphatic carbocycles. The summed E-state index contributed by atoms with van der Waals surface area (Å²) in [6, 6.07) is 87.4. The van der Waals surface area contributed by atoms with Gasteiger partial charge in [-0.2, -0.15) is 0 Å². The molecule has 0 aliphatic heterocycles. The molecule has 0 bridgehead atoms. The average Bonchev–Trinajstić information content (AvgIpc) is 4.31. The third-order valence-electron chi connectivity index (χ3n) is 14.9. The first-order chi connectivity index (χ1) is 35.8. The van der Waals surface area contributed by atoms with Crippen molar-refractivity contribution in [3.8, 4) is 48.4 Å². The maximum absolute atomic E-state index is 2.57. The smallest absolute Gasteiger partial charge is 0.109 e. The van der Waals surface area contributed by atoms with Gasteiger partial charge in [-0.05, 0) is 53.1 Å². The van der Waals surface area contributed by atoms with Gasteiger partial charge in [-0.3, -0.25) is 0 Å². The molecule has 0 amide bonds. The van der Waals surface area contributed by atoms with Gasteiger partial charge in [0.2, 0.25) is 0 Å². The predicted molar refractivity (Wildman–Crippen MR) is 312 cm³/mol. The highest BCUT2D eigenvalue weighted by atomic mass is 32.1. The number of benzene rings is 10. The van der Waals surface area contributed by atoms with Gasteiger partial charge in [-0.1, -0.05) is 200 Å². The highest BCUT2D eigenvalue weighted by Gasteiger charge is 2.33. The van der Waals surface area contributed by atoms with Crippen LogP contribution >= 0.6 is 34.0 Å². The highest BCUT2D eigenvalue weighted by molar-refractivity contribution is 7.30. The first kappa shape index (κ1) is 40.2. The Hall–Kier alpha value is -8.52. The van der Waals surface area contributed by atoms with Crippen molar-refractivity contribution in [2.45, 2.75) is 0 Å². The van der Waals surface area contributed by atoms with E-state index in [-0.39, 0.29) is 0 Å². The number of nitrogens with zero attached hydrogens (tertiary/aromatic N) is 3. The minimum Gasteiger partial charge on any atom is -0.300 e. The lowest BCUT2D eigenvalue weighted by molar-refractivity contribution is 1.22. The van der Waals surface area contributed by atoms with Crippen LogP contribution in [0.2, 0.25) is 0 Å². The Labute approximate surface area is 425 Å². The van der Waals surface area contributed by atoms with Gasteiger partial charge in [0.1, 0.15) is 15.0 Å². The second kappa shape index (κ2) is 15.5. The van der Waals surface area contributed by atoms with Gasteiger partial charge in [0.15, 0.2) is 0 Å². The molecule has 10 aromatic carbocycles. The number of fused-ring (bicyclic) bond motifs is 15. The van der Waals surface area contributed by atoms with E-state index in [1.54, 1.807) is 0 Å². The normalized spacial score (nSPS) is 12.2. The van der Waals surface area contributed by atoms with Crippen LogP contribution in [-0.4, -0.2) is 13.7 Å². The van der Waals surface area contributed by atoms with Crippen molar-refractivity contribution in [2.24, 2.45) is 0 Å². The van der Waals surface area contributed by atoms with E-state index in [2.05, 4.69) is 250 Å². The van der Waals surface area contributed by atoms with E-state index in [4.69, 9.17) is 0 Å². The van der Waals surface area contributed by atoms with Gasteiger partial charge in [0.25, 0.3) is 0 Å². The summed E-state index contributed by atoms with van der Waals surface area (Å²) in [4.78, 5) is 0. The molecule has 72 heavy (non-hydrogen) atoms. The van der Waals surface area contributed by atoms with E-state index in [0.29, 0.717) is 0 Å². The summed E-state index contributed by atoms with van der Waals surface area (Å²) in [7, 11) is 0. The van der Waals surface area contributed by atoms with Crippen LogP contribution in [0.1, 0.15) is 0 Å². The third kappa shape index (κ3) is 5.54. The number of thiophene rings is 3. The molecule has 0 N–H and O–H groups in total. The first-order valence-corrected chi connectivity index (χ1v) is 26.9. The van der Waals surface area contributed by atoms with Gasteiger partial charge in [0.05, 0.1) is 33.1 Å². The van der Waals surface area contributed by atoms with Crippen molar-refractivity contribution in [3.05, 3.63) is 237 Å². The highest BCUT2D eigenvalue weighted by Crippen LogP contribution is 2.60. The Balaban J connectivity index is 1.20. The van der Waals surface area contributed by atoms with Crippen molar-refractivity contribution < 1.29 is 0 Å². The minimum atomic E-state index is 1.20. The van der Waals surface area contributed by atoms with Crippen LogP contribution in [-0.2, 0) is 0 Å². The van der Waals surface area contributed by atoms with Gasteiger partial charge in [-0.15, -0.1) is 34.0 Å². The maximum Gasteiger partial charge on any atom is 0.109 e. The Morgan fingerprint density at radius 3 is 0.625 bits per heavy atom. The predicted octanol–water partition coefficient (Wildman–Crippen LogP) is 19.6. The van der Waals surface area contributed by atoms with E-state index < -0.39 is 0 Å². The summed E-state index contributed by atoms with van der Waals surface area (Å²) >= 11 is 5.85. The first-order valence-electron chi connectivity index (χ1n) is 24.4. The SMILES string of the molecule is c1ccc(-c2c(-n3c4ccccc4c4ccccc43)sc3c2c2sc(-n4c5ccccc5c5ccccc54)c(-c4ccccc4)c2c2sc(-n4c5ccccc5c5ccccc54)c(-c4ccccc4)c32)cc1. The van der Waals surface area contributed by atoms with Crippen LogP contribution in [0.5, 0.6) is 0 Å².